The number of benzene rings is 2. The molecule has 0 spiro atoms. The number of rotatable bonds is 7. The van der Waals surface area contributed by atoms with Crippen LogP contribution in [0.25, 0.3) is 0 Å². The van der Waals surface area contributed by atoms with Crippen LogP contribution in [0.15, 0.2) is 53.4 Å². The monoisotopic (exact) mass is 397 g/mol. The Morgan fingerprint density at radius 1 is 1.14 bits per heavy atom. The van der Waals surface area contributed by atoms with E-state index in [9.17, 15) is 9.59 Å². The third-order valence-electron chi connectivity index (χ3n) is 5.30. The second kappa shape index (κ2) is 9.78. The lowest BCUT2D eigenvalue weighted by atomic mass is 9.89. The number of amides is 1. The first-order valence-corrected chi connectivity index (χ1v) is 10.9. The van der Waals surface area contributed by atoms with Gasteiger partial charge in [-0.2, -0.15) is 0 Å². The molecule has 3 rings (SSSR count). The quantitative estimate of drug-likeness (QED) is 0.511. The fourth-order valence-corrected chi connectivity index (χ4v) is 4.29. The zero-order valence-electron chi connectivity index (χ0n) is 16.5. The van der Waals surface area contributed by atoms with Crippen molar-refractivity contribution in [1.82, 2.24) is 4.90 Å². The summed E-state index contributed by atoms with van der Waals surface area (Å²) in [6.45, 7) is 1.28. The van der Waals surface area contributed by atoms with Crippen LogP contribution >= 0.6 is 11.8 Å². The van der Waals surface area contributed by atoms with Crippen molar-refractivity contribution in [2.24, 2.45) is 5.92 Å². The summed E-state index contributed by atoms with van der Waals surface area (Å²) < 4.78 is 5.17. The number of hydrogen-bond donors (Lipinski definition) is 0. The van der Waals surface area contributed by atoms with Gasteiger partial charge in [-0.1, -0.05) is 30.3 Å². The van der Waals surface area contributed by atoms with Crippen molar-refractivity contribution in [2.75, 3.05) is 26.5 Å². The van der Waals surface area contributed by atoms with Crippen LogP contribution in [0.5, 0.6) is 5.75 Å². The zero-order chi connectivity index (χ0) is 19.9. The summed E-state index contributed by atoms with van der Waals surface area (Å²) in [6, 6.07) is 15.6. The molecule has 1 aliphatic rings. The predicted molar refractivity (Wildman–Crippen MR) is 113 cm³/mol. The van der Waals surface area contributed by atoms with E-state index in [4.69, 9.17) is 4.74 Å². The number of aryl methyl sites for hydroxylation is 1. The molecule has 1 atom stereocenters. The number of thioether (sulfide) groups is 1. The van der Waals surface area contributed by atoms with Gasteiger partial charge >= 0.3 is 0 Å². The molecule has 148 valence electrons. The first-order chi connectivity index (χ1) is 13.6. The van der Waals surface area contributed by atoms with E-state index in [0.29, 0.717) is 19.4 Å². The number of hydrogen-bond acceptors (Lipinski definition) is 4. The van der Waals surface area contributed by atoms with Gasteiger partial charge in [0.15, 0.2) is 5.78 Å². The number of carbonyl (C=O) groups is 2. The highest BCUT2D eigenvalue weighted by atomic mass is 32.2. The number of methoxy groups -OCH3 is 1. The van der Waals surface area contributed by atoms with Crippen LogP contribution in [0.4, 0.5) is 0 Å². The topological polar surface area (TPSA) is 46.6 Å². The van der Waals surface area contributed by atoms with Gasteiger partial charge in [-0.05, 0) is 49.3 Å². The number of ketones is 1. The van der Waals surface area contributed by atoms with Crippen molar-refractivity contribution in [3.05, 3.63) is 59.7 Å². The van der Waals surface area contributed by atoms with Gasteiger partial charge in [0.1, 0.15) is 5.75 Å². The average molecular weight is 398 g/mol. The molecular formula is C23H27NO3S. The summed E-state index contributed by atoms with van der Waals surface area (Å²) >= 11 is 1.59. The van der Waals surface area contributed by atoms with Gasteiger partial charge in [0.05, 0.1) is 7.11 Å². The van der Waals surface area contributed by atoms with Crippen molar-refractivity contribution in [1.29, 1.82) is 0 Å². The Balaban J connectivity index is 1.59. The van der Waals surface area contributed by atoms with Gasteiger partial charge in [0.25, 0.3) is 0 Å². The number of likely N-dealkylation sites (tertiary alicyclic amines) is 1. The molecule has 2 aromatic carbocycles. The minimum absolute atomic E-state index is 0.105. The molecule has 1 amide bonds. The lowest BCUT2D eigenvalue weighted by molar-refractivity contribution is -0.132. The lowest BCUT2D eigenvalue weighted by Crippen LogP contribution is -2.42. The maximum Gasteiger partial charge on any atom is 0.222 e. The zero-order valence-corrected chi connectivity index (χ0v) is 17.3. The second-order valence-corrected chi connectivity index (χ2v) is 7.94. The maximum atomic E-state index is 13.0. The minimum Gasteiger partial charge on any atom is -0.497 e. The molecule has 4 nitrogen and oxygen atoms in total. The van der Waals surface area contributed by atoms with Crippen molar-refractivity contribution >= 4 is 23.5 Å². The molecule has 2 aromatic rings. The number of carbonyl (C=O) groups excluding carboxylic acids is 2. The lowest BCUT2D eigenvalue weighted by Gasteiger charge is -2.32. The first-order valence-electron chi connectivity index (χ1n) is 9.70. The largest absolute Gasteiger partial charge is 0.497 e. The van der Waals surface area contributed by atoms with E-state index in [1.54, 1.807) is 18.9 Å². The molecule has 0 aromatic heterocycles. The van der Waals surface area contributed by atoms with Crippen LogP contribution < -0.4 is 4.74 Å². The van der Waals surface area contributed by atoms with Crippen LogP contribution in [-0.4, -0.2) is 43.0 Å². The molecule has 0 saturated carbocycles. The highest BCUT2D eigenvalue weighted by Crippen LogP contribution is 2.27. The SMILES string of the molecule is COc1ccc(CCC(=O)N2CCC[C@@H](C(=O)c3ccccc3SC)C2)cc1. The summed E-state index contributed by atoms with van der Waals surface area (Å²) in [7, 11) is 1.64. The van der Waals surface area contributed by atoms with E-state index < -0.39 is 0 Å². The van der Waals surface area contributed by atoms with Gasteiger partial charge < -0.3 is 9.64 Å². The second-order valence-electron chi connectivity index (χ2n) is 7.09. The smallest absolute Gasteiger partial charge is 0.222 e. The van der Waals surface area contributed by atoms with Crippen LogP contribution in [0.1, 0.15) is 35.2 Å². The van der Waals surface area contributed by atoms with Gasteiger partial charge in [-0.3, -0.25) is 9.59 Å². The van der Waals surface area contributed by atoms with Crippen LogP contribution in [0.3, 0.4) is 0 Å². The van der Waals surface area contributed by atoms with Gasteiger partial charge in [-0.15, -0.1) is 11.8 Å². The highest BCUT2D eigenvalue weighted by molar-refractivity contribution is 7.98. The molecule has 0 unspecified atom stereocenters. The molecule has 0 bridgehead atoms. The summed E-state index contributed by atoms with van der Waals surface area (Å²) in [5, 5.41) is 0. The Kier molecular flexibility index (Phi) is 7.15. The van der Waals surface area contributed by atoms with E-state index in [0.717, 1.165) is 41.2 Å². The van der Waals surface area contributed by atoms with Crippen molar-refractivity contribution in [3.63, 3.8) is 0 Å². The van der Waals surface area contributed by atoms with Gasteiger partial charge in [0, 0.05) is 35.9 Å². The Morgan fingerprint density at radius 3 is 2.61 bits per heavy atom. The Labute approximate surface area is 171 Å². The highest BCUT2D eigenvalue weighted by Gasteiger charge is 2.29. The Morgan fingerprint density at radius 2 is 1.89 bits per heavy atom. The van der Waals surface area contributed by atoms with Crippen molar-refractivity contribution in [3.8, 4) is 5.75 Å². The number of Topliss-reactive ketones (excluding diaryl/α,β-unsaturated/α-hetero) is 1. The van der Waals surface area contributed by atoms with Crippen LogP contribution in [0.2, 0.25) is 0 Å². The van der Waals surface area contributed by atoms with E-state index in [-0.39, 0.29) is 17.6 Å². The third-order valence-corrected chi connectivity index (χ3v) is 6.10. The molecule has 0 radical (unpaired) electrons. The standard InChI is InChI=1S/C23H27NO3S/c1-27-19-12-9-17(10-13-19)11-14-22(25)24-15-5-6-18(16-24)23(26)20-7-3-4-8-21(20)28-2/h3-4,7-10,12-13,18H,5-6,11,14-16H2,1-2H3/t18-/m1/s1. The summed E-state index contributed by atoms with van der Waals surface area (Å²) in [6.07, 6.45) is 4.89. The predicted octanol–water partition coefficient (Wildman–Crippen LogP) is 4.47. The molecule has 1 fully saturated rings. The molecule has 1 heterocycles. The first kappa shape index (κ1) is 20.5. The number of nitrogens with zero attached hydrogens (tertiary/aromatic N) is 1. The Bertz CT molecular complexity index is 819. The average Bonchev–Trinajstić information content (AvgIpc) is 2.77. The minimum atomic E-state index is -0.105. The third kappa shape index (κ3) is 4.96. The van der Waals surface area contributed by atoms with Crippen molar-refractivity contribution < 1.29 is 14.3 Å². The Hall–Kier alpha value is -2.27. The molecule has 0 N–H and O–H groups in total. The van der Waals surface area contributed by atoms with Gasteiger partial charge in [0.2, 0.25) is 5.91 Å². The van der Waals surface area contributed by atoms with Crippen LogP contribution in [0, 0.1) is 5.92 Å². The molecule has 1 aliphatic heterocycles. The fraction of sp³-hybridized carbons (Fsp3) is 0.391. The van der Waals surface area contributed by atoms with E-state index in [1.807, 2.05) is 59.7 Å². The normalized spacial score (nSPS) is 16.6. The molecule has 28 heavy (non-hydrogen) atoms. The van der Waals surface area contributed by atoms with Crippen LogP contribution in [-0.2, 0) is 11.2 Å². The molecule has 1 saturated heterocycles. The van der Waals surface area contributed by atoms with Crippen molar-refractivity contribution in [2.45, 2.75) is 30.6 Å². The summed E-state index contributed by atoms with van der Waals surface area (Å²) in [4.78, 5) is 28.6. The van der Waals surface area contributed by atoms with E-state index >= 15 is 0 Å². The molecule has 0 aliphatic carbocycles. The van der Waals surface area contributed by atoms with E-state index in [2.05, 4.69) is 0 Å². The van der Waals surface area contributed by atoms with Gasteiger partial charge in [-0.25, -0.2) is 0 Å². The number of ether oxygens (including phenoxy) is 1. The maximum absolute atomic E-state index is 13.0. The molecule has 5 heteroatoms. The van der Waals surface area contributed by atoms with E-state index in [1.165, 1.54) is 0 Å². The number of piperidine rings is 1. The summed E-state index contributed by atoms with van der Waals surface area (Å²) in [5.74, 6) is 1.01. The fourth-order valence-electron chi connectivity index (χ4n) is 3.69. The summed E-state index contributed by atoms with van der Waals surface area (Å²) in [5.41, 5.74) is 1.90. The molecular weight excluding hydrogens is 370 g/mol.